The normalized spacial score (nSPS) is 20.7. The van der Waals surface area contributed by atoms with Crippen LogP contribution in [0.25, 0.3) is 0 Å². The van der Waals surface area contributed by atoms with E-state index in [-0.39, 0.29) is 12.0 Å². The van der Waals surface area contributed by atoms with Crippen molar-refractivity contribution < 1.29 is 13.7 Å². The molecule has 1 saturated heterocycles. The predicted octanol–water partition coefficient (Wildman–Crippen LogP) is 1.82. The summed E-state index contributed by atoms with van der Waals surface area (Å²) >= 11 is 0. The standard InChI is InChI=1S/C15H21NO3S/c1-3-14-10-16(7-8-19-14)15(17)13-6-4-5-12(9-13)11-20(2)18/h4-6,9,14H,3,7-8,10-11H2,1-2H3/t14-,20-/m0/s1. The number of morpholine rings is 1. The summed E-state index contributed by atoms with van der Waals surface area (Å²) in [6.07, 6.45) is 2.72. The zero-order valence-corrected chi connectivity index (χ0v) is 12.8. The van der Waals surface area contributed by atoms with E-state index in [1.165, 1.54) is 0 Å². The van der Waals surface area contributed by atoms with Crippen LogP contribution in [0.15, 0.2) is 24.3 Å². The molecule has 0 spiro atoms. The number of nitrogens with zero attached hydrogens (tertiary/aromatic N) is 1. The van der Waals surface area contributed by atoms with Crippen molar-refractivity contribution in [1.29, 1.82) is 0 Å². The maximum absolute atomic E-state index is 12.5. The number of hydrogen-bond acceptors (Lipinski definition) is 3. The van der Waals surface area contributed by atoms with E-state index in [0.717, 1.165) is 12.0 Å². The van der Waals surface area contributed by atoms with Gasteiger partial charge in [0.25, 0.3) is 5.91 Å². The van der Waals surface area contributed by atoms with Crippen molar-refractivity contribution in [2.45, 2.75) is 25.2 Å². The van der Waals surface area contributed by atoms with Gasteiger partial charge in [-0.25, -0.2) is 0 Å². The molecule has 1 fully saturated rings. The van der Waals surface area contributed by atoms with E-state index in [0.29, 0.717) is 31.0 Å². The van der Waals surface area contributed by atoms with Crippen molar-refractivity contribution in [3.63, 3.8) is 0 Å². The van der Waals surface area contributed by atoms with Gasteiger partial charge in [0.1, 0.15) is 0 Å². The van der Waals surface area contributed by atoms with Crippen LogP contribution in [0.5, 0.6) is 0 Å². The summed E-state index contributed by atoms with van der Waals surface area (Å²) < 4.78 is 16.9. The molecule has 1 aromatic rings. The monoisotopic (exact) mass is 295 g/mol. The third-order valence-electron chi connectivity index (χ3n) is 3.43. The molecule has 1 aromatic carbocycles. The summed E-state index contributed by atoms with van der Waals surface area (Å²) in [5, 5.41) is 0. The minimum Gasteiger partial charge on any atom is -0.375 e. The average molecular weight is 295 g/mol. The van der Waals surface area contributed by atoms with Crippen LogP contribution in [0, 0.1) is 0 Å². The smallest absolute Gasteiger partial charge is 0.254 e. The molecule has 0 unspecified atom stereocenters. The van der Waals surface area contributed by atoms with E-state index in [1.54, 1.807) is 6.26 Å². The fraction of sp³-hybridized carbons (Fsp3) is 0.533. The summed E-state index contributed by atoms with van der Waals surface area (Å²) in [4.78, 5) is 14.3. The van der Waals surface area contributed by atoms with Crippen molar-refractivity contribution in [3.8, 4) is 0 Å². The number of amides is 1. The lowest BCUT2D eigenvalue weighted by Crippen LogP contribution is -2.45. The molecule has 1 aliphatic heterocycles. The number of hydrogen-bond donors (Lipinski definition) is 0. The van der Waals surface area contributed by atoms with Crippen molar-refractivity contribution in [2.24, 2.45) is 0 Å². The SMILES string of the molecule is CC[C@H]1CN(C(=O)c2cccc(C[S@](C)=O)c2)CCO1. The fourth-order valence-electron chi connectivity index (χ4n) is 2.36. The van der Waals surface area contributed by atoms with Gasteiger partial charge in [0.2, 0.25) is 0 Å². The predicted molar refractivity (Wildman–Crippen MR) is 80.1 cm³/mol. The van der Waals surface area contributed by atoms with Gasteiger partial charge < -0.3 is 9.64 Å². The molecule has 0 bridgehead atoms. The van der Waals surface area contributed by atoms with E-state index in [9.17, 15) is 9.00 Å². The molecular weight excluding hydrogens is 274 g/mol. The molecule has 0 radical (unpaired) electrons. The first kappa shape index (κ1) is 15.2. The van der Waals surface area contributed by atoms with E-state index >= 15 is 0 Å². The fourth-order valence-corrected chi connectivity index (χ4v) is 3.01. The van der Waals surface area contributed by atoms with Crippen LogP contribution >= 0.6 is 0 Å². The van der Waals surface area contributed by atoms with Crippen LogP contribution in [0.3, 0.4) is 0 Å². The summed E-state index contributed by atoms with van der Waals surface area (Å²) in [5.74, 6) is 0.525. The number of benzene rings is 1. The summed E-state index contributed by atoms with van der Waals surface area (Å²) in [6.45, 7) is 3.96. The lowest BCUT2D eigenvalue weighted by molar-refractivity contribution is -0.0226. The Hall–Kier alpha value is -1.20. The Bertz CT molecular complexity index is 504. The second-order valence-corrected chi connectivity index (χ2v) is 6.51. The molecule has 1 amide bonds. The van der Waals surface area contributed by atoms with E-state index < -0.39 is 10.8 Å². The molecule has 4 nitrogen and oxygen atoms in total. The Balaban J connectivity index is 2.10. The number of carbonyl (C=O) groups is 1. The Morgan fingerprint density at radius 1 is 1.50 bits per heavy atom. The lowest BCUT2D eigenvalue weighted by Gasteiger charge is -2.32. The topological polar surface area (TPSA) is 46.6 Å². The molecule has 0 aromatic heterocycles. The summed E-state index contributed by atoms with van der Waals surface area (Å²) in [7, 11) is -0.895. The second-order valence-electron chi connectivity index (χ2n) is 5.07. The molecule has 2 atom stereocenters. The molecule has 5 heteroatoms. The number of carbonyl (C=O) groups excluding carboxylic acids is 1. The second kappa shape index (κ2) is 6.99. The molecule has 1 heterocycles. The molecule has 0 aliphatic carbocycles. The van der Waals surface area contributed by atoms with Crippen LogP contribution in [0.1, 0.15) is 29.3 Å². The van der Waals surface area contributed by atoms with Gasteiger partial charge in [-0.05, 0) is 24.1 Å². The first-order valence-electron chi connectivity index (χ1n) is 6.90. The maximum Gasteiger partial charge on any atom is 0.254 e. The van der Waals surface area contributed by atoms with Crippen molar-refractivity contribution in [2.75, 3.05) is 26.0 Å². The summed E-state index contributed by atoms with van der Waals surface area (Å²) in [5.41, 5.74) is 1.61. The van der Waals surface area contributed by atoms with Crippen molar-refractivity contribution in [3.05, 3.63) is 35.4 Å². The van der Waals surface area contributed by atoms with Crippen LogP contribution in [0.4, 0.5) is 0 Å². The molecule has 1 aliphatic rings. The van der Waals surface area contributed by atoms with E-state index in [4.69, 9.17) is 4.74 Å². The molecule has 0 saturated carbocycles. The molecule has 2 rings (SSSR count). The third kappa shape index (κ3) is 3.90. The van der Waals surface area contributed by atoms with Gasteiger partial charge in [-0.3, -0.25) is 9.00 Å². The van der Waals surface area contributed by atoms with Gasteiger partial charge in [0, 0.05) is 41.5 Å². The summed E-state index contributed by atoms with van der Waals surface area (Å²) in [6, 6.07) is 7.43. The third-order valence-corrected chi connectivity index (χ3v) is 4.17. The lowest BCUT2D eigenvalue weighted by atomic mass is 10.1. The minimum absolute atomic E-state index is 0.0375. The Kier molecular flexibility index (Phi) is 5.31. The first-order chi connectivity index (χ1) is 9.60. The minimum atomic E-state index is -0.895. The zero-order valence-electron chi connectivity index (χ0n) is 12.0. The first-order valence-corrected chi connectivity index (χ1v) is 8.62. The highest BCUT2D eigenvalue weighted by molar-refractivity contribution is 7.83. The quantitative estimate of drug-likeness (QED) is 0.851. The van der Waals surface area contributed by atoms with Gasteiger partial charge in [0.15, 0.2) is 0 Å². The van der Waals surface area contributed by atoms with Gasteiger partial charge >= 0.3 is 0 Å². The molecule has 20 heavy (non-hydrogen) atoms. The highest BCUT2D eigenvalue weighted by Crippen LogP contribution is 2.14. The Morgan fingerprint density at radius 2 is 2.30 bits per heavy atom. The highest BCUT2D eigenvalue weighted by Gasteiger charge is 2.24. The van der Waals surface area contributed by atoms with Crippen LogP contribution in [-0.2, 0) is 21.3 Å². The van der Waals surface area contributed by atoms with Crippen molar-refractivity contribution >= 4 is 16.7 Å². The Labute approximate surface area is 122 Å². The van der Waals surface area contributed by atoms with Crippen LogP contribution in [0.2, 0.25) is 0 Å². The zero-order chi connectivity index (χ0) is 14.5. The van der Waals surface area contributed by atoms with Crippen LogP contribution in [-0.4, -0.2) is 47.1 Å². The molecular formula is C15H21NO3S. The number of rotatable bonds is 4. The molecule has 0 N–H and O–H groups in total. The van der Waals surface area contributed by atoms with Gasteiger partial charge in [0.05, 0.1) is 12.7 Å². The maximum atomic E-state index is 12.5. The van der Waals surface area contributed by atoms with E-state index in [1.807, 2.05) is 29.2 Å². The van der Waals surface area contributed by atoms with Crippen molar-refractivity contribution in [1.82, 2.24) is 4.90 Å². The Morgan fingerprint density at radius 3 is 3.00 bits per heavy atom. The average Bonchev–Trinajstić information content (AvgIpc) is 2.46. The molecule has 110 valence electrons. The van der Waals surface area contributed by atoms with Gasteiger partial charge in [-0.1, -0.05) is 19.1 Å². The van der Waals surface area contributed by atoms with Gasteiger partial charge in [-0.15, -0.1) is 0 Å². The highest BCUT2D eigenvalue weighted by atomic mass is 32.2. The van der Waals surface area contributed by atoms with E-state index in [2.05, 4.69) is 6.92 Å². The number of ether oxygens (including phenoxy) is 1. The van der Waals surface area contributed by atoms with Gasteiger partial charge in [-0.2, -0.15) is 0 Å². The van der Waals surface area contributed by atoms with Crippen LogP contribution < -0.4 is 0 Å². The largest absolute Gasteiger partial charge is 0.375 e.